The standard InChI is InChI=1S/C9H14IN5O/c10-9-13-7(14-15-9)8(16)12-6-3-1-5(11)2-4-6/h5-6H,1-4,11H2,(H,12,16)(H,13,14,15). The number of nitrogens with two attached hydrogens (primary N) is 1. The fourth-order valence-corrected chi connectivity index (χ4v) is 2.21. The van der Waals surface area contributed by atoms with E-state index in [0.29, 0.717) is 3.83 Å². The molecule has 4 N–H and O–H groups in total. The largest absolute Gasteiger partial charge is 0.347 e. The monoisotopic (exact) mass is 335 g/mol. The molecular weight excluding hydrogens is 321 g/mol. The number of amides is 1. The number of hydrogen-bond acceptors (Lipinski definition) is 4. The number of nitrogens with one attached hydrogen (secondary N) is 2. The third kappa shape index (κ3) is 2.91. The minimum absolute atomic E-state index is 0.208. The highest BCUT2D eigenvalue weighted by molar-refractivity contribution is 14.1. The zero-order chi connectivity index (χ0) is 11.5. The van der Waals surface area contributed by atoms with Gasteiger partial charge in [0, 0.05) is 34.7 Å². The number of aromatic nitrogens is 3. The number of rotatable bonds is 2. The molecule has 1 heterocycles. The zero-order valence-electron chi connectivity index (χ0n) is 8.74. The molecule has 16 heavy (non-hydrogen) atoms. The average Bonchev–Trinajstić information content (AvgIpc) is 2.68. The van der Waals surface area contributed by atoms with Crippen molar-refractivity contribution in [2.75, 3.05) is 0 Å². The molecule has 7 heteroatoms. The fourth-order valence-electron chi connectivity index (χ4n) is 1.86. The van der Waals surface area contributed by atoms with Gasteiger partial charge in [-0.05, 0) is 25.7 Å². The van der Waals surface area contributed by atoms with E-state index in [1.54, 1.807) is 0 Å². The lowest BCUT2D eigenvalue weighted by molar-refractivity contribution is 0.0915. The van der Waals surface area contributed by atoms with Gasteiger partial charge in [0.1, 0.15) is 0 Å². The van der Waals surface area contributed by atoms with Crippen molar-refractivity contribution in [2.24, 2.45) is 5.73 Å². The first-order valence-corrected chi connectivity index (χ1v) is 6.37. The van der Waals surface area contributed by atoms with Crippen molar-refractivity contribution in [1.29, 1.82) is 0 Å². The number of halogens is 1. The predicted molar refractivity (Wildman–Crippen MR) is 66.8 cm³/mol. The molecular formula is C9H14IN5O. The fraction of sp³-hybridized carbons (Fsp3) is 0.667. The summed E-state index contributed by atoms with van der Waals surface area (Å²) < 4.78 is 0.619. The molecule has 0 saturated heterocycles. The summed E-state index contributed by atoms with van der Waals surface area (Å²) in [4.78, 5) is 15.7. The molecule has 1 aromatic rings. The Labute approximate surface area is 107 Å². The number of aromatic amines is 1. The maximum absolute atomic E-state index is 11.7. The summed E-state index contributed by atoms with van der Waals surface area (Å²) in [5, 5.41) is 9.38. The Morgan fingerprint density at radius 2 is 2.12 bits per heavy atom. The van der Waals surface area contributed by atoms with E-state index in [1.165, 1.54) is 0 Å². The van der Waals surface area contributed by atoms with Gasteiger partial charge < -0.3 is 11.1 Å². The van der Waals surface area contributed by atoms with Crippen LogP contribution in [0.3, 0.4) is 0 Å². The van der Waals surface area contributed by atoms with E-state index in [9.17, 15) is 4.79 Å². The maximum Gasteiger partial charge on any atom is 0.291 e. The molecule has 1 aromatic heterocycles. The van der Waals surface area contributed by atoms with Gasteiger partial charge in [-0.15, -0.1) is 5.10 Å². The second-order valence-electron chi connectivity index (χ2n) is 4.03. The Bertz CT molecular complexity index is 372. The minimum atomic E-state index is -0.209. The normalized spacial score (nSPS) is 25.4. The average molecular weight is 335 g/mol. The van der Waals surface area contributed by atoms with Crippen molar-refractivity contribution in [3.63, 3.8) is 0 Å². The van der Waals surface area contributed by atoms with Crippen LogP contribution in [0.15, 0.2) is 0 Å². The third-order valence-electron chi connectivity index (χ3n) is 2.77. The summed E-state index contributed by atoms with van der Waals surface area (Å²) >= 11 is 1.98. The lowest BCUT2D eigenvalue weighted by Gasteiger charge is -2.26. The van der Waals surface area contributed by atoms with Crippen molar-refractivity contribution < 1.29 is 4.79 Å². The van der Waals surface area contributed by atoms with Gasteiger partial charge in [0.15, 0.2) is 3.83 Å². The van der Waals surface area contributed by atoms with Crippen LogP contribution in [-0.2, 0) is 0 Å². The molecule has 0 aliphatic heterocycles. The summed E-state index contributed by atoms with van der Waals surface area (Å²) in [5.41, 5.74) is 5.80. The minimum Gasteiger partial charge on any atom is -0.347 e. The predicted octanol–water partition coefficient (Wildman–Crippen LogP) is 0.409. The molecule has 1 aliphatic carbocycles. The first-order chi connectivity index (χ1) is 7.65. The van der Waals surface area contributed by atoms with Gasteiger partial charge in [-0.25, -0.2) is 0 Å². The topological polar surface area (TPSA) is 96.7 Å². The molecule has 1 amide bonds. The summed E-state index contributed by atoms with van der Waals surface area (Å²) in [6.45, 7) is 0. The van der Waals surface area contributed by atoms with E-state index in [2.05, 4.69) is 20.5 Å². The molecule has 0 aromatic carbocycles. The van der Waals surface area contributed by atoms with Crippen LogP contribution in [0.1, 0.15) is 36.3 Å². The van der Waals surface area contributed by atoms with Crippen LogP contribution in [0.4, 0.5) is 0 Å². The summed E-state index contributed by atoms with van der Waals surface area (Å²) in [6, 6.07) is 0.501. The van der Waals surface area contributed by atoms with Gasteiger partial charge in [-0.3, -0.25) is 9.89 Å². The molecule has 2 rings (SSSR count). The van der Waals surface area contributed by atoms with E-state index < -0.39 is 0 Å². The van der Waals surface area contributed by atoms with Crippen molar-refractivity contribution >= 4 is 28.5 Å². The lowest BCUT2D eigenvalue weighted by Crippen LogP contribution is -2.40. The quantitative estimate of drug-likeness (QED) is 0.682. The molecule has 1 saturated carbocycles. The van der Waals surface area contributed by atoms with E-state index in [0.717, 1.165) is 25.7 Å². The van der Waals surface area contributed by atoms with Crippen LogP contribution in [-0.4, -0.2) is 33.2 Å². The van der Waals surface area contributed by atoms with E-state index >= 15 is 0 Å². The Kier molecular flexibility index (Phi) is 3.74. The van der Waals surface area contributed by atoms with Crippen molar-refractivity contribution in [2.45, 2.75) is 37.8 Å². The van der Waals surface area contributed by atoms with E-state index in [-0.39, 0.29) is 23.8 Å². The number of nitrogens with zero attached hydrogens (tertiary/aromatic N) is 2. The highest BCUT2D eigenvalue weighted by Crippen LogP contribution is 2.17. The first kappa shape index (κ1) is 11.8. The van der Waals surface area contributed by atoms with Crippen LogP contribution in [0.5, 0.6) is 0 Å². The Hall–Kier alpha value is -0.700. The molecule has 0 spiro atoms. The zero-order valence-corrected chi connectivity index (χ0v) is 10.9. The summed E-state index contributed by atoms with van der Waals surface area (Å²) in [7, 11) is 0. The van der Waals surface area contributed by atoms with Crippen molar-refractivity contribution in [3.05, 3.63) is 9.66 Å². The van der Waals surface area contributed by atoms with Crippen LogP contribution in [0.25, 0.3) is 0 Å². The second kappa shape index (κ2) is 5.09. The Morgan fingerprint density at radius 1 is 1.44 bits per heavy atom. The highest BCUT2D eigenvalue weighted by Gasteiger charge is 2.21. The molecule has 0 atom stereocenters. The molecule has 0 radical (unpaired) electrons. The Morgan fingerprint density at radius 3 is 2.69 bits per heavy atom. The van der Waals surface area contributed by atoms with Crippen LogP contribution < -0.4 is 11.1 Å². The van der Waals surface area contributed by atoms with Crippen LogP contribution in [0, 0.1) is 3.83 Å². The molecule has 0 bridgehead atoms. The Balaban J connectivity index is 1.88. The smallest absolute Gasteiger partial charge is 0.291 e. The number of hydrogen-bond donors (Lipinski definition) is 3. The molecule has 1 fully saturated rings. The molecule has 6 nitrogen and oxygen atoms in total. The first-order valence-electron chi connectivity index (χ1n) is 5.29. The van der Waals surface area contributed by atoms with Crippen molar-refractivity contribution in [3.8, 4) is 0 Å². The van der Waals surface area contributed by atoms with Gasteiger partial charge in [0.25, 0.3) is 5.91 Å². The van der Waals surface area contributed by atoms with Gasteiger partial charge >= 0.3 is 0 Å². The summed E-state index contributed by atoms with van der Waals surface area (Å²) in [5.74, 6) is -0.00101. The van der Waals surface area contributed by atoms with Crippen LogP contribution >= 0.6 is 22.6 Å². The van der Waals surface area contributed by atoms with Gasteiger partial charge in [-0.2, -0.15) is 4.98 Å². The summed E-state index contributed by atoms with van der Waals surface area (Å²) in [6.07, 6.45) is 3.82. The number of carbonyl (C=O) groups excluding carboxylic acids is 1. The number of carbonyl (C=O) groups is 1. The third-order valence-corrected chi connectivity index (χ3v) is 3.25. The van der Waals surface area contributed by atoms with Crippen LogP contribution in [0.2, 0.25) is 0 Å². The van der Waals surface area contributed by atoms with Crippen molar-refractivity contribution in [1.82, 2.24) is 20.5 Å². The second-order valence-corrected chi connectivity index (χ2v) is 5.06. The van der Waals surface area contributed by atoms with Gasteiger partial charge in [0.05, 0.1) is 0 Å². The van der Waals surface area contributed by atoms with E-state index in [4.69, 9.17) is 5.73 Å². The van der Waals surface area contributed by atoms with E-state index in [1.807, 2.05) is 22.6 Å². The van der Waals surface area contributed by atoms with Gasteiger partial charge in [-0.1, -0.05) is 0 Å². The molecule has 1 aliphatic rings. The highest BCUT2D eigenvalue weighted by atomic mass is 127. The molecule has 0 unspecified atom stereocenters. The van der Waals surface area contributed by atoms with Gasteiger partial charge in [0.2, 0.25) is 5.82 Å². The molecule has 88 valence electrons. The maximum atomic E-state index is 11.7. The lowest BCUT2D eigenvalue weighted by atomic mass is 9.92. The SMILES string of the molecule is NC1CCC(NC(=O)c2n[nH]c(I)n2)CC1. The number of H-pyrrole nitrogens is 1.